The van der Waals surface area contributed by atoms with Gasteiger partial charge in [0.05, 0.1) is 6.04 Å². The Morgan fingerprint density at radius 3 is 2.33 bits per heavy atom. The van der Waals surface area contributed by atoms with Gasteiger partial charge in [0.2, 0.25) is 5.91 Å². The van der Waals surface area contributed by atoms with E-state index in [1.165, 1.54) is 6.42 Å². The minimum atomic E-state index is -0.0550. The Morgan fingerprint density at radius 1 is 1.40 bits per heavy atom. The summed E-state index contributed by atoms with van der Waals surface area (Å²) in [6.07, 6.45) is 3.23. The second-order valence-corrected chi connectivity index (χ2v) is 4.73. The highest BCUT2D eigenvalue weighted by Gasteiger charge is 2.34. The van der Waals surface area contributed by atoms with Gasteiger partial charge in [-0.3, -0.25) is 4.79 Å². The van der Waals surface area contributed by atoms with Crippen LogP contribution in [0.15, 0.2) is 0 Å². The summed E-state index contributed by atoms with van der Waals surface area (Å²) in [7, 11) is 0. The monoisotopic (exact) mass is 212 g/mol. The Morgan fingerprint density at radius 2 is 1.93 bits per heavy atom. The zero-order chi connectivity index (χ0) is 11.4. The first kappa shape index (κ1) is 12.5. The topological polar surface area (TPSA) is 41.1 Å². The van der Waals surface area contributed by atoms with Crippen LogP contribution in [-0.2, 0) is 4.79 Å². The molecule has 1 fully saturated rings. The number of hydrogen-bond acceptors (Lipinski definition) is 2. The third-order valence-electron chi connectivity index (χ3n) is 3.30. The quantitative estimate of drug-likeness (QED) is 0.703. The number of carbonyl (C=O) groups excluding carboxylic acids is 1. The fraction of sp³-hybridized carbons (Fsp3) is 0.917. The summed E-state index contributed by atoms with van der Waals surface area (Å²) >= 11 is 0. The van der Waals surface area contributed by atoms with Crippen LogP contribution in [0.4, 0.5) is 0 Å². The van der Waals surface area contributed by atoms with Gasteiger partial charge in [-0.25, -0.2) is 0 Å². The average molecular weight is 212 g/mol. The molecule has 88 valence electrons. The molecular formula is C12H24N2O. The number of carbonyl (C=O) groups is 1. The average Bonchev–Trinajstić information content (AvgIpc) is 2.90. The SMILES string of the molecule is CCC(CC)NC(=O)C(C)NC1CC1C. The van der Waals surface area contributed by atoms with Crippen molar-refractivity contribution >= 4 is 5.91 Å². The molecule has 3 nitrogen and oxygen atoms in total. The van der Waals surface area contributed by atoms with Gasteiger partial charge in [0.25, 0.3) is 0 Å². The van der Waals surface area contributed by atoms with Gasteiger partial charge in [0.15, 0.2) is 0 Å². The van der Waals surface area contributed by atoms with Crippen LogP contribution in [0, 0.1) is 5.92 Å². The van der Waals surface area contributed by atoms with Crippen LogP contribution in [0.5, 0.6) is 0 Å². The van der Waals surface area contributed by atoms with Crippen molar-refractivity contribution in [2.45, 2.75) is 65.1 Å². The molecule has 0 heterocycles. The second kappa shape index (κ2) is 5.50. The van der Waals surface area contributed by atoms with Crippen LogP contribution < -0.4 is 10.6 Å². The summed E-state index contributed by atoms with van der Waals surface area (Å²) in [5.41, 5.74) is 0. The lowest BCUT2D eigenvalue weighted by molar-refractivity contribution is -0.123. The van der Waals surface area contributed by atoms with Crippen LogP contribution >= 0.6 is 0 Å². The van der Waals surface area contributed by atoms with E-state index in [4.69, 9.17) is 0 Å². The zero-order valence-corrected chi connectivity index (χ0v) is 10.3. The van der Waals surface area contributed by atoms with Gasteiger partial charge in [-0.2, -0.15) is 0 Å². The van der Waals surface area contributed by atoms with Crippen LogP contribution in [0.1, 0.15) is 47.0 Å². The highest BCUT2D eigenvalue weighted by Crippen LogP contribution is 2.29. The van der Waals surface area contributed by atoms with Crippen molar-refractivity contribution in [2.24, 2.45) is 5.92 Å². The zero-order valence-electron chi connectivity index (χ0n) is 10.3. The maximum Gasteiger partial charge on any atom is 0.237 e. The van der Waals surface area contributed by atoms with Crippen LogP contribution in [0.3, 0.4) is 0 Å². The van der Waals surface area contributed by atoms with E-state index < -0.39 is 0 Å². The predicted molar refractivity (Wildman–Crippen MR) is 62.7 cm³/mol. The normalized spacial score (nSPS) is 26.5. The van der Waals surface area contributed by atoms with Crippen LogP contribution in [0.2, 0.25) is 0 Å². The molecular weight excluding hydrogens is 188 g/mol. The number of amides is 1. The van der Waals surface area contributed by atoms with E-state index in [0.717, 1.165) is 18.8 Å². The molecule has 1 saturated carbocycles. The second-order valence-electron chi connectivity index (χ2n) is 4.73. The van der Waals surface area contributed by atoms with Crippen molar-refractivity contribution in [1.82, 2.24) is 10.6 Å². The first-order chi connectivity index (χ1) is 7.08. The molecule has 0 aromatic heterocycles. The Balaban J connectivity index is 2.25. The summed E-state index contributed by atoms with van der Waals surface area (Å²) in [5, 5.41) is 6.41. The number of nitrogens with one attached hydrogen (secondary N) is 2. The molecule has 2 N–H and O–H groups in total. The lowest BCUT2D eigenvalue weighted by Gasteiger charge is -2.19. The molecule has 0 aromatic rings. The van der Waals surface area contributed by atoms with Gasteiger partial charge in [0, 0.05) is 12.1 Å². The van der Waals surface area contributed by atoms with Crippen molar-refractivity contribution < 1.29 is 4.79 Å². The molecule has 0 spiro atoms. The van der Waals surface area contributed by atoms with Gasteiger partial charge in [0.1, 0.15) is 0 Å². The van der Waals surface area contributed by atoms with Crippen molar-refractivity contribution in [1.29, 1.82) is 0 Å². The van der Waals surface area contributed by atoms with Gasteiger partial charge in [-0.15, -0.1) is 0 Å². The summed E-state index contributed by atoms with van der Waals surface area (Å²) in [4.78, 5) is 11.8. The Kier molecular flexibility index (Phi) is 4.58. The Labute approximate surface area is 93.0 Å². The van der Waals surface area contributed by atoms with Gasteiger partial charge >= 0.3 is 0 Å². The molecule has 3 heteroatoms. The standard InChI is InChI=1S/C12H24N2O/c1-5-10(6-2)14-12(15)9(4)13-11-7-8(11)3/h8-11,13H,5-7H2,1-4H3,(H,14,15). The Bertz CT molecular complexity index is 214. The van der Waals surface area contributed by atoms with Crippen molar-refractivity contribution in [3.05, 3.63) is 0 Å². The molecule has 0 aliphatic heterocycles. The Hall–Kier alpha value is -0.570. The smallest absolute Gasteiger partial charge is 0.237 e. The van der Waals surface area contributed by atoms with E-state index in [1.807, 2.05) is 6.92 Å². The molecule has 1 amide bonds. The molecule has 1 aliphatic carbocycles. The minimum absolute atomic E-state index is 0.0550. The van der Waals surface area contributed by atoms with E-state index in [9.17, 15) is 4.79 Å². The lowest BCUT2D eigenvalue weighted by atomic mass is 10.1. The van der Waals surface area contributed by atoms with Gasteiger partial charge in [-0.1, -0.05) is 20.8 Å². The molecule has 0 saturated heterocycles. The van der Waals surface area contributed by atoms with Crippen LogP contribution in [0.25, 0.3) is 0 Å². The predicted octanol–water partition coefficient (Wildman–Crippen LogP) is 1.68. The minimum Gasteiger partial charge on any atom is -0.352 e. The summed E-state index contributed by atoms with van der Waals surface area (Å²) in [6, 6.07) is 0.839. The largest absolute Gasteiger partial charge is 0.352 e. The lowest BCUT2D eigenvalue weighted by Crippen LogP contribution is -2.46. The van der Waals surface area contributed by atoms with Crippen molar-refractivity contribution in [2.75, 3.05) is 0 Å². The highest BCUT2D eigenvalue weighted by molar-refractivity contribution is 5.81. The maximum absolute atomic E-state index is 11.8. The summed E-state index contributed by atoms with van der Waals surface area (Å²) in [6.45, 7) is 8.37. The third-order valence-corrected chi connectivity index (χ3v) is 3.30. The number of hydrogen-bond donors (Lipinski definition) is 2. The van der Waals surface area contributed by atoms with Crippen LogP contribution in [-0.4, -0.2) is 24.0 Å². The highest BCUT2D eigenvalue weighted by atomic mass is 16.2. The fourth-order valence-corrected chi connectivity index (χ4v) is 1.77. The summed E-state index contributed by atoms with van der Waals surface area (Å²) < 4.78 is 0. The van der Waals surface area contributed by atoms with E-state index in [0.29, 0.717) is 12.1 Å². The molecule has 1 rings (SSSR count). The third kappa shape index (κ3) is 3.82. The van der Waals surface area contributed by atoms with Crippen molar-refractivity contribution in [3.8, 4) is 0 Å². The van der Waals surface area contributed by atoms with Gasteiger partial charge < -0.3 is 10.6 Å². The summed E-state index contributed by atoms with van der Waals surface area (Å²) in [5.74, 6) is 0.885. The molecule has 0 radical (unpaired) electrons. The molecule has 0 aromatic carbocycles. The molecule has 15 heavy (non-hydrogen) atoms. The molecule has 3 atom stereocenters. The van der Waals surface area contributed by atoms with Crippen molar-refractivity contribution in [3.63, 3.8) is 0 Å². The molecule has 3 unspecified atom stereocenters. The van der Waals surface area contributed by atoms with Gasteiger partial charge in [-0.05, 0) is 32.1 Å². The number of rotatable bonds is 6. The van der Waals surface area contributed by atoms with E-state index >= 15 is 0 Å². The first-order valence-corrected chi connectivity index (χ1v) is 6.14. The van der Waals surface area contributed by atoms with E-state index in [2.05, 4.69) is 31.4 Å². The van der Waals surface area contributed by atoms with E-state index in [-0.39, 0.29) is 11.9 Å². The fourth-order valence-electron chi connectivity index (χ4n) is 1.77. The maximum atomic E-state index is 11.8. The first-order valence-electron chi connectivity index (χ1n) is 6.14. The molecule has 0 bridgehead atoms. The van der Waals surface area contributed by atoms with E-state index in [1.54, 1.807) is 0 Å². The molecule has 1 aliphatic rings.